The van der Waals surface area contributed by atoms with Crippen molar-refractivity contribution in [1.82, 2.24) is 4.57 Å². The Balaban J connectivity index is 1.98. The fraction of sp³-hybridized carbons (Fsp3) is 0.143. The molecule has 0 atom stereocenters. The molecule has 2 N–H and O–H groups in total. The second-order valence-corrected chi connectivity index (χ2v) is 8.93. The highest BCUT2D eigenvalue weighted by Crippen LogP contribution is 2.28. The number of aromatic nitrogens is 1. The summed E-state index contributed by atoms with van der Waals surface area (Å²) >= 11 is 1.19. The van der Waals surface area contributed by atoms with Crippen LogP contribution in [0.3, 0.4) is 0 Å². The summed E-state index contributed by atoms with van der Waals surface area (Å²) < 4.78 is 36.1. The first-order valence-corrected chi connectivity index (χ1v) is 11.4. The van der Waals surface area contributed by atoms with E-state index in [1.807, 2.05) is 0 Å². The number of carbonyl (C=O) groups is 1. The zero-order valence-corrected chi connectivity index (χ0v) is 18.6. The van der Waals surface area contributed by atoms with E-state index >= 15 is 0 Å². The zero-order chi connectivity index (χ0) is 22.6. The van der Waals surface area contributed by atoms with E-state index in [0.717, 1.165) is 11.1 Å². The maximum Gasteiger partial charge on any atom is 0.272 e. The van der Waals surface area contributed by atoms with Crippen molar-refractivity contribution in [2.24, 2.45) is 10.1 Å². The standard InChI is InChI=1S/C21H21N3O5S2/c1-4-11-24-16-8-7-15(31(22,26)27)13-19(16)30-21(24)23-20(25)10-6-14-5-9-17(28-2)18(12-14)29-3/h4-10,12-13H,1,11H2,2-3H3,(H2,22,26,27). The summed E-state index contributed by atoms with van der Waals surface area (Å²) in [5.74, 6) is 0.670. The molecular formula is C21H21N3O5S2. The minimum Gasteiger partial charge on any atom is -0.493 e. The van der Waals surface area contributed by atoms with Gasteiger partial charge in [-0.05, 0) is 42.0 Å². The average Bonchev–Trinajstić information content (AvgIpc) is 3.07. The second-order valence-electron chi connectivity index (χ2n) is 6.36. The summed E-state index contributed by atoms with van der Waals surface area (Å²) in [5.41, 5.74) is 1.47. The Hall–Kier alpha value is -3.21. The molecule has 0 bridgehead atoms. The second kappa shape index (κ2) is 9.29. The molecule has 0 aliphatic heterocycles. The van der Waals surface area contributed by atoms with Gasteiger partial charge < -0.3 is 14.0 Å². The number of allylic oxidation sites excluding steroid dienone is 1. The Morgan fingerprint density at radius 1 is 1.19 bits per heavy atom. The fourth-order valence-corrected chi connectivity index (χ4v) is 4.58. The van der Waals surface area contributed by atoms with Crippen molar-refractivity contribution in [3.05, 3.63) is 65.5 Å². The lowest BCUT2D eigenvalue weighted by Gasteiger charge is -2.07. The summed E-state index contributed by atoms with van der Waals surface area (Å²) in [6.45, 7) is 4.13. The number of hydrogen-bond acceptors (Lipinski definition) is 6. The summed E-state index contributed by atoms with van der Waals surface area (Å²) in [6, 6.07) is 9.81. The van der Waals surface area contributed by atoms with Crippen molar-refractivity contribution in [2.75, 3.05) is 14.2 Å². The first kappa shape index (κ1) is 22.5. The summed E-state index contributed by atoms with van der Waals surface area (Å²) in [6.07, 6.45) is 4.64. The summed E-state index contributed by atoms with van der Waals surface area (Å²) in [7, 11) is -0.752. The van der Waals surface area contributed by atoms with E-state index in [0.29, 0.717) is 27.5 Å². The number of sulfonamides is 1. The Morgan fingerprint density at radius 2 is 1.94 bits per heavy atom. The van der Waals surface area contributed by atoms with Crippen molar-refractivity contribution < 1.29 is 22.7 Å². The number of methoxy groups -OCH3 is 2. The minimum absolute atomic E-state index is 0.00164. The van der Waals surface area contributed by atoms with Crippen LogP contribution >= 0.6 is 11.3 Å². The quantitative estimate of drug-likeness (QED) is 0.431. The molecule has 0 unspecified atom stereocenters. The SMILES string of the molecule is C=CCn1c(=NC(=O)C=Cc2ccc(OC)c(OC)c2)sc2cc(S(N)(=O)=O)ccc21. The van der Waals surface area contributed by atoms with E-state index < -0.39 is 15.9 Å². The molecule has 31 heavy (non-hydrogen) atoms. The van der Waals surface area contributed by atoms with Crippen LogP contribution in [0.5, 0.6) is 11.5 Å². The molecule has 8 nitrogen and oxygen atoms in total. The number of fused-ring (bicyclic) bond motifs is 1. The number of hydrogen-bond donors (Lipinski definition) is 1. The van der Waals surface area contributed by atoms with E-state index in [2.05, 4.69) is 11.6 Å². The highest BCUT2D eigenvalue weighted by Gasteiger charge is 2.12. The predicted octanol–water partition coefficient (Wildman–Crippen LogP) is 2.69. The average molecular weight is 460 g/mol. The lowest BCUT2D eigenvalue weighted by atomic mass is 10.2. The van der Waals surface area contributed by atoms with Gasteiger partial charge in [0, 0.05) is 12.6 Å². The fourth-order valence-electron chi connectivity index (χ4n) is 2.88. The Labute approximate surface area is 183 Å². The Kier molecular flexibility index (Phi) is 6.74. The molecule has 0 aliphatic rings. The van der Waals surface area contributed by atoms with Crippen LogP contribution in [0.1, 0.15) is 5.56 Å². The molecule has 162 valence electrons. The van der Waals surface area contributed by atoms with Gasteiger partial charge in [-0.3, -0.25) is 4.79 Å². The van der Waals surface area contributed by atoms with E-state index in [4.69, 9.17) is 14.6 Å². The van der Waals surface area contributed by atoms with Crippen LogP contribution in [-0.4, -0.2) is 33.1 Å². The molecular weight excluding hydrogens is 438 g/mol. The number of benzene rings is 2. The number of primary sulfonamides is 1. The predicted molar refractivity (Wildman–Crippen MR) is 121 cm³/mol. The monoisotopic (exact) mass is 459 g/mol. The Bertz CT molecular complexity index is 1350. The van der Waals surface area contributed by atoms with E-state index in [9.17, 15) is 13.2 Å². The molecule has 0 fully saturated rings. The van der Waals surface area contributed by atoms with Gasteiger partial charge in [0.15, 0.2) is 16.3 Å². The summed E-state index contributed by atoms with van der Waals surface area (Å²) in [4.78, 5) is 17.1. The number of thiazole rings is 1. The van der Waals surface area contributed by atoms with E-state index in [1.54, 1.807) is 48.1 Å². The van der Waals surface area contributed by atoms with Crippen LogP contribution in [-0.2, 0) is 21.4 Å². The lowest BCUT2D eigenvalue weighted by molar-refractivity contribution is -0.113. The molecule has 10 heteroatoms. The third-order valence-corrected chi connectivity index (χ3v) is 6.28. The summed E-state index contributed by atoms with van der Waals surface area (Å²) in [5, 5.41) is 5.22. The number of nitrogens with zero attached hydrogens (tertiary/aromatic N) is 2. The van der Waals surface area contributed by atoms with Crippen LogP contribution in [0.2, 0.25) is 0 Å². The molecule has 1 amide bonds. The van der Waals surface area contributed by atoms with Crippen molar-refractivity contribution in [3.63, 3.8) is 0 Å². The molecule has 3 rings (SSSR count). The van der Waals surface area contributed by atoms with Gasteiger partial charge in [0.05, 0.1) is 29.3 Å². The van der Waals surface area contributed by atoms with Crippen LogP contribution in [0.25, 0.3) is 16.3 Å². The number of amides is 1. The number of nitrogens with two attached hydrogens (primary N) is 1. The van der Waals surface area contributed by atoms with E-state index in [-0.39, 0.29) is 4.90 Å². The first-order valence-electron chi connectivity index (χ1n) is 9.02. The van der Waals surface area contributed by atoms with Gasteiger partial charge in [0.25, 0.3) is 5.91 Å². The molecule has 0 radical (unpaired) electrons. The number of ether oxygens (including phenoxy) is 2. The zero-order valence-electron chi connectivity index (χ0n) is 16.9. The first-order chi connectivity index (χ1) is 14.8. The van der Waals surface area contributed by atoms with Gasteiger partial charge in [-0.1, -0.05) is 23.5 Å². The minimum atomic E-state index is -3.83. The molecule has 1 heterocycles. The van der Waals surface area contributed by atoms with Gasteiger partial charge in [0.2, 0.25) is 10.0 Å². The third kappa shape index (κ3) is 5.10. The maximum atomic E-state index is 12.5. The lowest BCUT2D eigenvalue weighted by Crippen LogP contribution is -2.15. The molecule has 0 spiro atoms. The van der Waals surface area contributed by atoms with Crippen LogP contribution in [0, 0.1) is 0 Å². The van der Waals surface area contributed by atoms with Crippen LogP contribution in [0.4, 0.5) is 0 Å². The number of carbonyl (C=O) groups excluding carboxylic acids is 1. The maximum absolute atomic E-state index is 12.5. The van der Waals surface area contributed by atoms with Gasteiger partial charge in [-0.25, -0.2) is 13.6 Å². The smallest absolute Gasteiger partial charge is 0.272 e. The molecule has 0 saturated carbocycles. The third-order valence-electron chi connectivity index (χ3n) is 4.33. The highest BCUT2D eigenvalue weighted by atomic mass is 32.2. The normalized spacial score (nSPS) is 12.4. The molecule has 2 aromatic carbocycles. The van der Waals surface area contributed by atoms with Gasteiger partial charge >= 0.3 is 0 Å². The van der Waals surface area contributed by atoms with Crippen LogP contribution < -0.4 is 19.4 Å². The highest BCUT2D eigenvalue weighted by molar-refractivity contribution is 7.89. The molecule has 3 aromatic rings. The van der Waals surface area contributed by atoms with Gasteiger partial charge in [-0.2, -0.15) is 4.99 Å². The molecule has 1 aromatic heterocycles. The van der Waals surface area contributed by atoms with Crippen LogP contribution in [0.15, 0.2) is 65.0 Å². The Morgan fingerprint density at radius 3 is 2.58 bits per heavy atom. The topological polar surface area (TPSA) is 113 Å². The van der Waals surface area contributed by atoms with Crippen molar-refractivity contribution >= 4 is 43.6 Å². The van der Waals surface area contributed by atoms with E-state index in [1.165, 1.54) is 36.7 Å². The van der Waals surface area contributed by atoms with Crippen molar-refractivity contribution in [1.29, 1.82) is 0 Å². The van der Waals surface area contributed by atoms with Gasteiger partial charge in [0.1, 0.15) is 0 Å². The van der Waals surface area contributed by atoms with Crippen molar-refractivity contribution in [3.8, 4) is 11.5 Å². The van der Waals surface area contributed by atoms with Crippen molar-refractivity contribution in [2.45, 2.75) is 11.4 Å². The largest absolute Gasteiger partial charge is 0.493 e. The molecule has 0 aliphatic carbocycles. The number of rotatable bonds is 7. The molecule has 0 saturated heterocycles. The van der Waals surface area contributed by atoms with Gasteiger partial charge in [-0.15, -0.1) is 6.58 Å².